The van der Waals surface area contributed by atoms with Gasteiger partial charge in [-0.05, 0) is 31.6 Å². The Bertz CT molecular complexity index is 319. The summed E-state index contributed by atoms with van der Waals surface area (Å²) < 4.78 is 10.9. The Morgan fingerprint density at radius 2 is 2.06 bits per heavy atom. The molecule has 0 amide bonds. The predicted molar refractivity (Wildman–Crippen MR) is 56.7 cm³/mol. The summed E-state index contributed by atoms with van der Waals surface area (Å²) in [7, 11) is 0. The molecule has 0 aliphatic heterocycles. The van der Waals surface area contributed by atoms with Crippen molar-refractivity contribution in [1.82, 2.24) is 10.2 Å². The Hall–Kier alpha value is -0.940. The standard InChI is InChI=1S/C11H18N2O3/c1-8-12-13-11(16-8)7-15-10-4-2-9(6-14)3-5-10/h9-10,14H,2-7H2,1H3. The highest BCUT2D eigenvalue weighted by molar-refractivity contribution is 4.77. The molecule has 0 spiro atoms. The van der Waals surface area contributed by atoms with Crippen LogP contribution in [0.1, 0.15) is 37.5 Å². The summed E-state index contributed by atoms with van der Waals surface area (Å²) in [5, 5.41) is 16.6. The van der Waals surface area contributed by atoms with Gasteiger partial charge in [-0.25, -0.2) is 0 Å². The fourth-order valence-electron chi connectivity index (χ4n) is 2.07. The third-order valence-corrected chi connectivity index (χ3v) is 3.06. The van der Waals surface area contributed by atoms with Crippen LogP contribution in [0.25, 0.3) is 0 Å². The summed E-state index contributed by atoms with van der Waals surface area (Å²) in [6, 6.07) is 0. The number of aryl methyl sites for hydroxylation is 1. The Labute approximate surface area is 94.8 Å². The maximum absolute atomic E-state index is 9.01. The molecule has 5 heteroatoms. The van der Waals surface area contributed by atoms with E-state index in [4.69, 9.17) is 14.3 Å². The van der Waals surface area contributed by atoms with Crippen molar-refractivity contribution in [2.75, 3.05) is 6.61 Å². The average molecular weight is 226 g/mol. The van der Waals surface area contributed by atoms with E-state index in [0.717, 1.165) is 25.7 Å². The predicted octanol–water partition coefficient (Wildman–Crippen LogP) is 1.45. The van der Waals surface area contributed by atoms with Crippen molar-refractivity contribution in [3.05, 3.63) is 11.8 Å². The van der Waals surface area contributed by atoms with Crippen LogP contribution in [0.4, 0.5) is 0 Å². The normalized spacial score (nSPS) is 25.9. The summed E-state index contributed by atoms with van der Waals surface area (Å²) in [6.07, 6.45) is 4.39. The zero-order valence-corrected chi connectivity index (χ0v) is 9.56. The highest BCUT2D eigenvalue weighted by atomic mass is 16.5. The molecule has 0 unspecified atom stereocenters. The summed E-state index contributed by atoms with van der Waals surface area (Å²) in [5.74, 6) is 1.58. The number of ether oxygens (including phenoxy) is 1. The van der Waals surface area contributed by atoms with Gasteiger partial charge >= 0.3 is 0 Å². The van der Waals surface area contributed by atoms with Gasteiger partial charge in [-0.2, -0.15) is 0 Å². The first-order valence-corrected chi connectivity index (χ1v) is 5.79. The lowest BCUT2D eigenvalue weighted by atomic mass is 9.88. The summed E-state index contributed by atoms with van der Waals surface area (Å²) in [5.41, 5.74) is 0. The molecule has 5 nitrogen and oxygen atoms in total. The zero-order valence-electron chi connectivity index (χ0n) is 9.56. The number of rotatable bonds is 4. The molecule has 1 aromatic rings. The van der Waals surface area contributed by atoms with Gasteiger partial charge < -0.3 is 14.3 Å². The zero-order chi connectivity index (χ0) is 11.4. The summed E-state index contributed by atoms with van der Waals surface area (Å²) in [4.78, 5) is 0. The lowest BCUT2D eigenvalue weighted by Crippen LogP contribution is -2.23. The van der Waals surface area contributed by atoms with E-state index in [1.165, 1.54) is 0 Å². The van der Waals surface area contributed by atoms with Crippen LogP contribution in [0.5, 0.6) is 0 Å². The summed E-state index contributed by atoms with van der Waals surface area (Å²) in [6.45, 7) is 2.47. The molecule has 0 bridgehead atoms. The van der Waals surface area contributed by atoms with Gasteiger partial charge in [-0.15, -0.1) is 10.2 Å². The highest BCUT2D eigenvalue weighted by Crippen LogP contribution is 2.26. The van der Waals surface area contributed by atoms with Crippen molar-refractivity contribution in [3.63, 3.8) is 0 Å². The lowest BCUT2D eigenvalue weighted by Gasteiger charge is -2.26. The van der Waals surface area contributed by atoms with Crippen molar-refractivity contribution in [2.45, 2.75) is 45.3 Å². The minimum absolute atomic E-state index is 0.273. The molecule has 0 atom stereocenters. The molecule has 0 saturated heterocycles. The van der Waals surface area contributed by atoms with Crippen LogP contribution in [0.15, 0.2) is 4.42 Å². The smallest absolute Gasteiger partial charge is 0.242 e. The fraction of sp³-hybridized carbons (Fsp3) is 0.818. The second kappa shape index (κ2) is 5.41. The van der Waals surface area contributed by atoms with Gasteiger partial charge in [0.1, 0.15) is 6.61 Å². The van der Waals surface area contributed by atoms with Crippen LogP contribution in [-0.2, 0) is 11.3 Å². The van der Waals surface area contributed by atoms with Crippen molar-refractivity contribution < 1.29 is 14.3 Å². The van der Waals surface area contributed by atoms with Gasteiger partial charge in [0.2, 0.25) is 11.8 Å². The fourth-order valence-corrected chi connectivity index (χ4v) is 2.07. The Morgan fingerprint density at radius 1 is 1.31 bits per heavy atom. The molecule has 1 aromatic heterocycles. The van der Waals surface area contributed by atoms with Crippen LogP contribution in [0.2, 0.25) is 0 Å². The second-order valence-electron chi connectivity index (χ2n) is 4.35. The van der Waals surface area contributed by atoms with Gasteiger partial charge in [0, 0.05) is 13.5 Å². The topological polar surface area (TPSA) is 68.4 Å². The third kappa shape index (κ3) is 3.02. The molecule has 1 saturated carbocycles. The third-order valence-electron chi connectivity index (χ3n) is 3.06. The molecule has 16 heavy (non-hydrogen) atoms. The molecule has 1 heterocycles. The van der Waals surface area contributed by atoms with E-state index in [1.54, 1.807) is 6.92 Å². The molecule has 1 aliphatic carbocycles. The number of aliphatic hydroxyl groups excluding tert-OH is 1. The summed E-state index contributed by atoms with van der Waals surface area (Å²) >= 11 is 0. The van der Waals surface area contributed by atoms with Gasteiger partial charge in [-0.1, -0.05) is 0 Å². The van der Waals surface area contributed by atoms with Crippen LogP contribution in [-0.4, -0.2) is 28.0 Å². The van der Waals surface area contributed by atoms with E-state index >= 15 is 0 Å². The highest BCUT2D eigenvalue weighted by Gasteiger charge is 2.21. The lowest BCUT2D eigenvalue weighted by molar-refractivity contribution is -0.00762. The number of aromatic nitrogens is 2. The number of hydrogen-bond acceptors (Lipinski definition) is 5. The van der Waals surface area contributed by atoms with E-state index in [-0.39, 0.29) is 6.10 Å². The first kappa shape index (κ1) is 11.5. The minimum atomic E-state index is 0.273. The van der Waals surface area contributed by atoms with Crippen molar-refractivity contribution in [2.24, 2.45) is 5.92 Å². The maximum atomic E-state index is 9.01. The Morgan fingerprint density at radius 3 is 2.62 bits per heavy atom. The average Bonchev–Trinajstić information content (AvgIpc) is 2.73. The van der Waals surface area contributed by atoms with Crippen LogP contribution in [0, 0.1) is 12.8 Å². The molecule has 90 valence electrons. The van der Waals surface area contributed by atoms with Gasteiger partial charge in [0.25, 0.3) is 0 Å². The Kier molecular flexibility index (Phi) is 3.90. The maximum Gasteiger partial charge on any atom is 0.242 e. The number of aliphatic hydroxyl groups is 1. The second-order valence-corrected chi connectivity index (χ2v) is 4.35. The molecular formula is C11H18N2O3. The first-order valence-electron chi connectivity index (χ1n) is 5.79. The van der Waals surface area contributed by atoms with E-state index in [1.807, 2.05) is 0 Å². The van der Waals surface area contributed by atoms with Crippen LogP contribution < -0.4 is 0 Å². The monoisotopic (exact) mass is 226 g/mol. The minimum Gasteiger partial charge on any atom is -0.423 e. The largest absolute Gasteiger partial charge is 0.423 e. The molecular weight excluding hydrogens is 208 g/mol. The SMILES string of the molecule is Cc1nnc(COC2CCC(CO)CC2)o1. The molecule has 0 radical (unpaired) electrons. The Balaban J connectivity index is 1.71. The van der Waals surface area contributed by atoms with Crippen LogP contribution in [0.3, 0.4) is 0 Å². The molecule has 2 rings (SSSR count). The van der Waals surface area contributed by atoms with Gasteiger partial charge in [0.05, 0.1) is 6.10 Å². The van der Waals surface area contributed by atoms with Crippen molar-refractivity contribution in [1.29, 1.82) is 0 Å². The van der Waals surface area contributed by atoms with E-state index in [9.17, 15) is 0 Å². The van der Waals surface area contributed by atoms with Crippen molar-refractivity contribution in [3.8, 4) is 0 Å². The quantitative estimate of drug-likeness (QED) is 0.841. The molecule has 1 aliphatic rings. The number of nitrogens with zero attached hydrogens (tertiary/aromatic N) is 2. The molecule has 1 N–H and O–H groups in total. The first-order chi connectivity index (χ1) is 7.78. The number of hydrogen-bond donors (Lipinski definition) is 1. The van der Waals surface area contributed by atoms with Gasteiger partial charge in [-0.3, -0.25) is 0 Å². The van der Waals surface area contributed by atoms with Crippen molar-refractivity contribution >= 4 is 0 Å². The molecule has 0 aromatic carbocycles. The van der Waals surface area contributed by atoms with E-state index in [2.05, 4.69) is 10.2 Å². The van der Waals surface area contributed by atoms with Gasteiger partial charge in [0.15, 0.2) is 0 Å². The van der Waals surface area contributed by atoms with Crippen LogP contribution >= 0.6 is 0 Å². The molecule has 1 fully saturated rings. The van der Waals surface area contributed by atoms with E-state index in [0.29, 0.717) is 30.9 Å². The van der Waals surface area contributed by atoms with E-state index < -0.39 is 0 Å².